The highest BCUT2D eigenvalue weighted by molar-refractivity contribution is 5.78. The molecule has 1 aromatic heterocycles. The molecule has 4 rings (SSSR count). The van der Waals surface area contributed by atoms with E-state index in [1.807, 2.05) is 6.07 Å². The van der Waals surface area contributed by atoms with E-state index in [-0.39, 0.29) is 0 Å². The molecule has 1 aliphatic rings. The first-order valence-corrected chi connectivity index (χ1v) is 9.79. The number of fused-ring (bicyclic) bond motifs is 2. The Morgan fingerprint density at radius 2 is 2.11 bits per heavy atom. The van der Waals surface area contributed by atoms with E-state index < -0.39 is 0 Å². The van der Waals surface area contributed by atoms with E-state index in [9.17, 15) is 0 Å². The minimum atomic E-state index is 0.594. The second kappa shape index (κ2) is 8.05. The van der Waals surface area contributed by atoms with Crippen molar-refractivity contribution in [2.24, 2.45) is 0 Å². The van der Waals surface area contributed by atoms with Gasteiger partial charge in [-0.2, -0.15) is 10.2 Å². The highest BCUT2D eigenvalue weighted by atomic mass is 16.5. The van der Waals surface area contributed by atoms with Crippen LogP contribution in [0.3, 0.4) is 0 Å². The van der Waals surface area contributed by atoms with Crippen molar-refractivity contribution in [1.29, 1.82) is 0 Å². The maximum absolute atomic E-state index is 5.58. The summed E-state index contributed by atoms with van der Waals surface area (Å²) in [7, 11) is 4.01. The highest BCUT2D eigenvalue weighted by Crippen LogP contribution is 2.36. The molecule has 0 spiro atoms. The smallest absolute Gasteiger partial charge is 0.122 e. The first-order chi connectivity index (χ1) is 13.2. The van der Waals surface area contributed by atoms with Gasteiger partial charge in [-0.05, 0) is 73.5 Å². The lowest BCUT2D eigenvalue weighted by Crippen LogP contribution is -2.28. The molecular weight excluding hydrogens is 334 g/mol. The quantitative estimate of drug-likeness (QED) is 0.658. The molecule has 0 N–H and O–H groups in total. The van der Waals surface area contributed by atoms with Crippen molar-refractivity contribution in [3.05, 3.63) is 65.4 Å². The molecule has 0 bridgehead atoms. The van der Waals surface area contributed by atoms with Gasteiger partial charge in [0, 0.05) is 18.5 Å². The van der Waals surface area contributed by atoms with Crippen LogP contribution in [0.15, 0.2) is 48.7 Å². The fourth-order valence-corrected chi connectivity index (χ4v) is 4.26. The third kappa shape index (κ3) is 3.96. The second-order valence-corrected chi connectivity index (χ2v) is 7.55. The Morgan fingerprint density at radius 1 is 1.19 bits per heavy atom. The van der Waals surface area contributed by atoms with Crippen LogP contribution >= 0.6 is 0 Å². The van der Waals surface area contributed by atoms with Crippen LogP contribution < -0.4 is 4.74 Å². The summed E-state index contributed by atoms with van der Waals surface area (Å²) >= 11 is 0. The molecule has 0 radical (unpaired) electrons. The number of ether oxygens (including phenoxy) is 1. The number of methoxy groups -OCH3 is 1. The summed E-state index contributed by atoms with van der Waals surface area (Å²) in [4.78, 5) is 2.46. The minimum absolute atomic E-state index is 0.594. The predicted molar refractivity (Wildman–Crippen MR) is 109 cm³/mol. The van der Waals surface area contributed by atoms with E-state index in [4.69, 9.17) is 4.74 Å². The van der Waals surface area contributed by atoms with Gasteiger partial charge in [0.1, 0.15) is 5.75 Å². The van der Waals surface area contributed by atoms with Gasteiger partial charge in [0.05, 0.1) is 18.8 Å². The molecule has 2 aromatic carbocycles. The molecule has 0 fully saturated rings. The fourth-order valence-electron chi connectivity index (χ4n) is 4.26. The molecule has 27 heavy (non-hydrogen) atoms. The number of aromatic nitrogens is 2. The van der Waals surface area contributed by atoms with Gasteiger partial charge in [-0.15, -0.1) is 0 Å². The van der Waals surface area contributed by atoms with Crippen molar-refractivity contribution >= 4 is 10.9 Å². The third-order valence-corrected chi connectivity index (χ3v) is 5.70. The van der Waals surface area contributed by atoms with Gasteiger partial charge in [0.25, 0.3) is 0 Å². The van der Waals surface area contributed by atoms with Crippen molar-refractivity contribution in [2.75, 3.05) is 27.2 Å². The molecule has 140 valence electrons. The van der Waals surface area contributed by atoms with Crippen LogP contribution in [0.5, 0.6) is 5.75 Å². The second-order valence-electron chi connectivity index (χ2n) is 7.55. The first-order valence-electron chi connectivity index (χ1n) is 9.79. The zero-order valence-electron chi connectivity index (χ0n) is 16.2. The Hall–Kier alpha value is -2.46. The van der Waals surface area contributed by atoms with Crippen molar-refractivity contribution in [2.45, 2.75) is 31.6 Å². The number of likely N-dealkylation sites (N-methyl/N-ethyl adjacent to an activating group) is 1. The Kier molecular flexibility index (Phi) is 5.35. The summed E-state index contributed by atoms with van der Waals surface area (Å²) in [5.41, 5.74) is 5.19. The lowest BCUT2D eigenvalue weighted by Gasteiger charge is -2.30. The largest absolute Gasteiger partial charge is 0.496 e. The molecule has 1 aliphatic carbocycles. The Balaban J connectivity index is 1.40. The normalized spacial score (nSPS) is 16.5. The third-order valence-electron chi connectivity index (χ3n) is 5.70. The van der Waals surface area contributed by atoms with Crippen LogP contribution in [0.1, 0.15) is 35.4 Å². The molecule has 0 amide bonds. The van der Waals surface area contributed by atoms with Gasteiger partial charge in [-0.25, -0.2) is 0 Å². The lowest BCUT2D eigenvalue weighted by atomic mass is 9.82. The number of hydrogen-bond acceptors (Lipinski definition) is 4. The first kappa shape index (κ1) is 17.9. The van der Waals surface area contributed by atoms with Gasteiger partial charge in [-0.1, -0.05) is 24.3 Å². The summed E-state index contributed by atoms with van der Waals surface area (Å²) in [5, 5.41) is 9.37. The maximum Gasteiger partial charge on any atom is 0.122 e. The van der Waals surface area contributed by atoms with Crippen LogP contribution in [0, 0.1) is 0 Å². The van der Waals surface area contributed by atoms with E-state index >= 15 is 0 Å². The van der Waals surface area contributed by atoms with Crippen molar-refractivity contribution in [3.63, 3.8) is 0 Å². The van der Waals surface area contributed by atoms with E-state index in [0.29, 0.717) is 5.92 Å². The average molecular weight is 361 g/mol. The highest BCUT2D eigenvalue weighted by Gasteiger charge is 2.23. The van der Waals surface area contributed by atoms with E-state index in [1.165, 1.54) is 29.5 Å². The monoisotopic (exact) mass is 361 g/mol. The molecule has 4 heteroatoms. The van der Waals surface area contributed by atoms with Crippen molar-refractivity contribution in [1.82, 2.24) is 15.1 Å². The number of hydrogen-bond donors (Lipinski definition) is 0. The Bertz CT molecular complexity index is 924. The molecule has 0 saturated carbocycles. The zero-order chi connectivity index (χ0) is 18.6. The molecule has 1 heterocycles. The number of rotatable bonds is 6. The van der Waals surface area contributed by atoms with Crippen LogP contribution in [0.2, 0.25) is 0 Å². The molecule has 0 saturated heterocycles. The van der Waals surface area contributed by atoms with Gasteiger partial charge in [0.15, 0.2) is 0 Å². The summed E-state index contributed by atoms with van der Waals surface area (Å²) < 4.78 is 5.58. The number of benzene rings is 2. The van der Waals surface area contributed by atoms with Gasteiger partial charge in [0.2, 0.25) is 0 Å². The fraction of sp³-hybridized carbons (Fsp3) is 0.391. The van der Waals surface area contributed by atoms with E-state index in [1.54, 1.807) is 13.3 Å². The standard InChI is InChI=1S/C23H27N3O/c1-26(14-12-17-9-10-18-11-13-24-25-22(18)15-17)16-19-5-3-7-21-20(19)6-4-8-23(21)27-2/h4,6,8-11,13,15,19H,3,5,7,12,14,16H2,1-2H3. The van der Waals surface area contributed by atoms with Crippen LogP contribution in [0.4, 0.5) is 0 Å². The maximum atomic E-state index is 5.58. The lowest BCUT2D eigenvalue weighted by molar-refractivity contribution is 0.299. The van der Waals surface area contributed by atoms with Gasteiger partial charge in [-0.3, -0.25) is 0 Å². The van der Waals surface area contributed by atoms with Crippen molar-refractivity contribution < 1.29 is 4.74 Å². The Labute approximate surface area is 161 Å². The molecule has 4 nitrogen and oxygen atoms in total. The zero-order valence-corrected chi connectivity index (χ0v) is 16.2. The molecule has 1 atom stereocenters. The van der Waals surface area contributed by atoms with Crippen LogP contribution in [0.25, 0.3) is 10.9 Å². The predicted octanol–water partition coefficient (Wildman–Crippen LogP) is 4.23. The summed E-state index contributed by atoms with van der Waals surface area (Å²) in [5.74, 6) is 1.65. The molecule has 3 aromatic rings. The van der Waals surface area contributed by atoms with Gasteiger partial charge < -0.3 is 9.64 Å². The SMILES string of the molecule is COc1cccc2c1CCCC2CN(C)CCc1ccc2ccnnc2c1. The summed E-state index contributed by atoms with van der Waals surface area (Å²) in [6.07, 6.45) is 6.41. The minimum Gasteiger partial charge on any atom is -0.496 e. The Morgan fingerprint density at radius 3 is 3.00 bits per heavy atom. The van der Waals surface area contributed by atoms with Crippen LogP contribution in [-0.2, 0) is 12.8 Å². The van der Waals surface area contributed by atoms with Gasteiger partial charge >= 0.3 is 0 Å². The van der Waals surface area contributed by atoms with Crippen molar-refractivity contribution in [3.8, 4) is 5.75 Å². The molecule has 1 unspecified atom stereocenters. The summed E-state index contributed by atoms with van der Waals surface area (Å²) in [6, 6.07) is 15.0. The van der Waals surface area contributed by atoms with E-state index in [0.717, 1.165) is 42.6 Å². The van der Waals surface area contributed by atoms with E-state index in [2.05, 4.69) is 58.5 Å². The molecular formula is C23H27N3O. The summed E-state index contributed by atoms with van der Waals surface area (Å²) in [6.45, 7) is 2.13. The topological polar surface area (TPSA) is 38.2 Å². The van der Waals surface area contributed by atoms with Crippen LogP contribution in [-0.4, -0.2) is 42.3 Å². The number of nitrogens with zero attached hydrogens (tertiary/aromatic N) is 3. The molecule has 0 aliphatic heterocycles. The average Bonchev–Trinajstić information content (AvgIpc) is 2.72.